The molecule has 1 amide bonds. The Balaban J connectivity index is 1.26. The Kier molecular flexibility index (Phi) is 4.93. The van der Waals surface area contributed by atoms with Gasteiger partial charge in [0.25, 0.3) is 0 Å². The van der Waals surface area contributed by atoms with Crippen LogP contribution in [0.3, 0.4) is 0 Å². The summed E-state index contributed by atoms with van der Waals surface area (Å²) in [6.07, 6.45) is 5.61. The van der Waals surface area contributed by atoms with E-state index in [1.807, 2.05) is 42.5 Å². The lowest BCUT2D eigenvalue weighted by Crippen LogP contribution is -2.44. The van der Waals surface area contributed by atoms with Gasteiger partial charge in [0.15, 0.2) is 0 Å². The van der Waals surface area contributed by atoms with Crippen LogP contribution in [0, 0.1) is 11.8 Å². The van der Waals surface area contributed by atoms with Crippen molar-refractivity contribution in [1.29, 1.82) is 0 Å². The summed E-state index contributed by atoms with van der Waals surface area (Å²) >= 11 is 0. The van der Waals surface area contributed by atoms with E-state index in [0.29, 0.717) is 18.2 Å². The summed E-state index contributed by atoms with van der Waals surface area (Å²) in [5.74, 6) is 2.42. The Bertz CT molecular complexity index is 756. The SMILES string of the molecule is NC(=O)c1cccc(-c2ccc(OCCNC3CC4CC(C4)C3)cc2)c1. The average Bonchev–Trinajstić information content (AvgIpc) is 2.65. The molecule has 0 unspecified atom stereocenters. The quantitative estimate of drug-likeness (QED) is 0.750. The summed E-state index contributed by atoms with van der Waals surface area (Å²) in [5.41, 5.74) is 7.89. The van der Waals surface area contributed by atoms with Gasteiger partial charge < -0.3 is 15.8 Å². The zero-order valence-corrected chi connectivity index (χ0v) is 15.0. The van der Waals surface area contributed by atoms with Gasteiger partial charge in [-0.05, 0) is 72.9 Å². The molecule has 4 nitrogen and oxygen atoms in total. The topological polar surface area (TPSA) is 64.4 Å². The molecule has 0 atom stereocenters. The number of hydrogen-bond acceptors (Lipinski definition) is 3. The van der Waals surface area contributed by atoms with Gasteiger partial charge in [-0.1, -0.05) is 24.3 Å². The fourth-order valence-electron chi connectivity index (χ4n) is 4.35. The third-order valence-electron chi connectivity index (χ3n) is 5.71. The monoisotopic (exact) mass is 350 g/mol. The van der Waals surface area contributed by atoms with E-state index in [4.69, 9.17) is 10.5 Å². The van der Waals surface area contributed by atoms with E-state index >= 15 is 0 Å². The standard InChI is InChI=1S/C22H26N2O2/c23-22(25)19-3-1-2-18(14-19)17-4-6-21(7-5-17)26-9-8-24-20-12-15-10-16(11-15)13-20/h1-7,14-16,20,24H,8-13H2,(H2,23,25). The molecular weight excluding hydrogens is 324 g/mol. The minimum Gasteiger partial charge on any atom is -0.492 e. The van der Waals surface area contributed by atoms with Gasteiger partial charge in [-0.15, -0.1) is 0 Å². The number of carbonyl (C=O) groups is 1. The zero-order valence-electron chi connectivity index (χ0n) is 15.0. The third-order valence-corrected chi connectivity index (χ3v) is 5.71. The van der Waals surface area contributed by atoms with Crippen LogP contribution in [0.5, 0.6) is 5.75 Å². The molecular formula is C22H26N2O2. The van der Waals surface area contributed by atoms with Crippen molar-refractivity contribution in [2.75, 3.05) is 13.2 Å². The molecule has 0 radical (unpaired) electrons. The molecule has 3 aliphatic rings. The Morgan fingerprint density at radius 1 is 1.00 bits per heavy atom. The van der Waals surface area contributed by atoms with E-state index in [-0.39, 0.29) is 0 Å². The lowest BCUT2D eigenvalue weighted by Gasteiger charge is -2.45. The molecule has 26 heavy (non-hydrogen) atoms. The molecule has 2 aromatic carbocycles. The molecule has 2 aromatic rings. The minimum atomic E-state index is -0.408. The molecule has 136 valence electrons. The maximum atomic E-state index is 11.3. The molecule has 0 aliphatic heterocycles. The molecule has 0 saturated heterocycles. The molecule has 0 heterocycles. The Morgan fingerprint density at radius 3 is 2.42 bits per heavy atom. The van der Waals surface area contributed by atoms with Gasteiger partial charge >= 0.3 is 0 Å². The number of ether oxygens (including phenoxy) is 1. The van der Waals surface area contributed by atoms with Crippen molar-refractivity contribution in [3.63, 3.8) is 0 Å². The molecule has 2 bridgehead atoms. The molecule has 0 spiro atoms. The number of benzene rings is 2. The highest BCUT2D eigenvalue weighted by molar-refractivity contribution is 5.94. The first-order chi connectivity index (χ1) is 12.7. The number of amides is 1. The van der Waals surface area contributed by atoms with E-state index in [1.165, 1.54) is 25.7 Å². The first-order valence-electron chi connectivity index (χ1n) is 9.54. The highest BCUT2D eigenvalue weighted by Crippen LogP contribution is 2.45. The van der Waals surface area contributed by atoms with Crippen LogP contribution in [0.2, 0.25) is 0 Å². The zero-order chi connectivity index (χ0) is 17.9. The Labute approximate surface area is 154 Å². The van der Waals surface area contributed by atoms with Crippen molar-refractivity contribution in [2.24, 2.45) is 17.6 Å². The highest BCUT2D eigenvalue weighted by atomic mass is 16.5. The predicted octanol–water partition coefficient (Wildman–Crippen LogP) is 3.61. The van der Waals surface area contributed by atoms with Gasteiger partial charge in [0.2, 0.25) is 5.91 Å². The number of hydrogen-bond donors (Lipinski definition) is 2. The lowest BCUT2D eigenvalue weighted by molar-refractivity contribution is 0.0832. The normalized spacial score (nSPS) is 23.9. The number of nitrogens with two attached hydrogens (primary N) is 1. The second-order valence-electron chi connectivity index (χ2n) is 7.64. The highest BCUT2D eigenvalue weighted by Gasteiger charge is 2.37. The molecule has 3 saturated carbocycles. The molecule has 5 rings (SSSR count). The van der Waals surface area contributed by atoms with E-state index < -0.39 is 5.91 Å². The van der Waals surface area contributed by atoms with E-state index in [9.17, 15) is 4.79 Å². The largest absolute Gasteiger partial charge is 0.492 e. The van der Waals surface area contributed by atoms with Crippen LogP contribution in [-0.4, -0.2) is 25.1 Å². The average molecular weight is 350 g/mol. The molecule has 3 N–H and O–H groups in total. The van der Waals surface area contributed by atoms with E-state index in [2.05, 4.69) is 5.32 Å². The summed E-state index contributed by atoms with van der Waals surface area (Å²) in [7, 11) is 0. The van der Waals surface area contributed by atoms with Crippen molar-refractivity contribution in [3.05, 3.63) is 54.1 Å². The molecule has 3 fully saturated rings. The Morgan fingerprint density at radius 2 is 1.73 bits per heavy atom. The number of rotatable bonds is 7. The van der Waals surface area contributed by atoms with Gasteiger partial charge in [-0.3, -0.25) is 4.79 Å². The van der Waals surface area contributed by atoms with Crippen molar-refractivity contribution in [1.82, 2.24) is 5.32 Å². The van der Waals surface area contributed by atoms with Crippen molar-refractivity contribution < 1.29 is 9.53 Å². The summed E-state index contributed by atoms with van der Waals surface area (Å²) in [6, 6.07) is 16.0. The first kappa shape index (κ1) is 17.1. The third kappa shape index (κ3) is 3.91. The van der Waals surface area contributed by atoms with Crippen molar-refractivity contribution >= 4 is 5.91 Å². The molecule has 4 heteroatoms. The number of nitrogens with one attached hydrogen (secondary N) is 1. The van der Waals surface area contributed by atoms with Gasteiger partial charge in [-0.25, -0.2) is 0 Å². The maximum Gasteiger partial charge on any atom is 0.248 e. The van der Waals surface area contributed by atoms with Crippen LogP contribution in [-0.2, 0) is 0 Å². The summed E-state index contributed by atoms with van der Waals surface area (Å²) in [5, 5.41) is 3.64. The maximum absolute atomic E-state index is 11.3. The van der Waals surface area contributed by atoms with Gasteiger partial charge in [0.1, 0.15) is 12.4 Å². The van der Waals surface area contributed by atoms with Crippen LogP contribution in [0.4, 0.5) is 0 Å². The Hall–Kier alpha value is -2.33. The minimum absolute atomic E-state index is 0.408. The summed E-state index contributed by atoms with van der Waals surface area (Å²) in [4.78, 5) is 11.3. The second-order valence-corrected chi connectivity index (χ2v) is 7.64. The van der Waals surface area contributed by atoms with E-state index in [0.717, 1.165) is 35.3 Å². The van der Waals surface area contributed by atoms with Crippen molar-refractivity contribution in [2.45, 2.75) is 31.7 Å². The fourth-order valence-corrected chi connectivity index (χ4v) is 4.35. The smallest absolute Gasteiger partial charge is 0.248 e. The van der Waals surface area contributed by atoms with Gasteiger partial charge in [0.05, 0.1) is 0 Å². The van der Waals surface area contributed by atoms with Crippen molar-refractivity contribution in [3.8, 4) is 16.9 Å². The fraction of sp³-hybridized carbons (Fsp3) is 0.409. The van der Waals surface area contributed by atoms with Crippen LogP contribution >= 0.6 is 0 Å². The van der Waals surface area contributed by atoms with Gasteiger partial charge in [0, 0.05) is 18.2 Å². The second kappa shape index (κ2) is 7.50. The van der Waals surface area contributed by atoms with Crippen LogP contribution in [0.25, 0.3) is 11.1 Å². The lowest BCUT2D eigenvalue weighted by atomic mass is 9.63. The van der Waals surface area contributed by atoms with Gasteiger partial charge in [-0.2, -0.15) is 0 Å². The summed E-state index contributed by atoms with van der Waals surface area (Å²) in [6.45, 7) is 1.58. The number of fused-ring (bicyclic) bond motifs is 2. The summed E-state index contributed by atoms with van der Waals surface area (Å²) < 4.78 is 5.85. The first-order valence-corrected chi connectivity index (χ1v) is 9.54. The molecule has 0 aromatic heterocycles. The predicted molar refractivity (Wildman–Crippen MR) is 103 cm³/mol. The van der Waals surface area contributed by atoms with E-state index in [1.54, 1.807) is 6.07 Å². The molecule has 3 aliphatic carbocycles. The number of primary amides is 1. The van der Waals surface area contributed by atoms with Crippen LogP contribution in [0.15, 0.2) is 48.5 Å². The van der Waals surface area contributed by atoms with Crippen LogP contribution < -0.4 is 15.8 Å². The van der Waals surface area contributed by atoms with Crippen LogP contribution in [0.1, 0.15) is 36.0 Å². The number of carbonyl (C=O) groups excluding carboxylic acids is 1.